The Labute approximate surface area is 78.3 Å². The van der Waals surface area contributed by atoms with Gasteiger partial charge in [0.15, 0.2) is 11.5 Å². The molecule has 0 aliphatic carbocycles. The standard InChI is InChI=1S/C10H15NO2/c1-3-6-11-13-10-7-8(2)4-5-9(10)12/h4-5,7,11-12H,3,6H2,1-2H3. The topological polar surface area (TPSA) is 41.5 Å². The maximum Gasteiger partial charge on any atom is 0.188 e. The number of aryl methyl sites for hydroxylation is 1. The third-order valence-electron chi connectivity index (χ3n) is 1.65. The van der Waals surface area contributed by atoms with Crippen LogP contribution < -0.4 is 10.3 Å². The minimum atomic E-state index is 0.161. The van der Waals surface area contributed by atoms with Gasteiger partial charge >= 0.3 is 0 Å². The van der Waals surface area contributed by atoms with E-state index in [1.165, 1.54) is 0 Å². The quantitative estimate of drug-likeness (QED) is 0.551. The summed E-state index contributed by atoms with van der Waals surface area (Å²) in [5.41, 5.74) is 3.82. The summed E-state index contributed by atoms with van der Waals surface area (Å²) in [6, 6.07) is 5.25. The van der Waals surface area contributed by atoms with E-state index in [1.807, 2.05) is 19.9 Å². The van der Waals surface area contributed by atoms with Gasteiger partial charge in [0.2, 0.25) is 0 Å². The summed E-state index contributed by atoms with van der Waals surface area (Å²) in [6.07, 6.45) is 0.993. The van der Waals surface area contributed by atoms with Gasteiger partial charge in [-0.15, -0.1) is 0 Å². The van der Waals surface area contributed by atoms with Crippen LogP contribution in [0.5, 0.6) is 11.5 Å². The lowest BCUT2D eigenvalue weighted by molar-refractivity contribution is 0.188. The van der Waals surface area contributed by atoms with Crippen molar-refractivity contribution in [3.05, 3.63) is 23.8 Å². The van der Waals surface area contributed by atoms with E-state index in [0.29, 0.717) is 5.75 Å². The summed E-state index contributed by atoms with van der Waals surface area (Å²) < 4.78 is 0. The molecule has 3 nitrogen and oxygen atoms in total. The first kappa shape index (κ1) is 9.86. The maximum atomic E-state index is 9.37. The highest BCUT2D eigenvalue weighted by atomic mass is 16.6. The Morgan fingerprint density at radius 3 is 2.92 bits per heavy atom. The SMILES string of the molecule is CCCNOc1cc(C)ccc1O. The Morgan fingerprint density at radius 1 is 1.46 bits per heavy atom. The number of hydrogen-bond donors (Lipinski definition) is 2. The highest BCUT2D eigenvalue weighted by Crippen LogP contribution is 2.25. The first-order chi connectivity index (χ1) is 6.24. The van der Waals surface area contributed by atoms with Gasteiger partial charge in [-0.1, -0.05) is 13.0 Å². The first-order valence-corrected chi connectivity index (χ1v) is 4.43. The first-order valence-electron chi connectivity index (χ1n) is 4.43. The average molecular weight is 181 g/mol. The number of benzene rings is 1. The summed E-state index contributed by atoms with van der Waals surface area (Å²) in [4.78, 5) is 5.16. The van der Waals surface area contributed by atoms with Crippen molar-refractivity contribution in [2.45, 2.75) is 20.3 Å². The van der Waals surface area contributed by atoms with Crippen LogP contribution >= 0.6 is 0 Å². The van der Waals surface area contributed by atoms with Crippen molar-refractivity contribution in [3.8, 4) is 11.5 Å². The van der Waals surface area contributed by atoms with Gasteiger partial charge in [0.05, 0.1) is 0 Å². The summed E-state index contributed by atoms with van der Waals surface area (Å²) in [7, 11) is 0. The molecule has 0 unspecified atom stereocenters. The zero-order valence-electron chi connectivity index (χ0n) is 8.00. The van der Waals surface area contributed by atoms with Gasteiger partial charge in [-0.3, -0.25) is 0 Å². The van der Waals surface area contributed by atoms with E-state index in [9.17, 15) is 5.11 Å². The average Bonchev–Trinajstić information content (AvgIpc) is 2.11. The molecule has 0 aliphatic heterocycles. The second-order valence-electron chi connectivity index (χ2n) is 2.97. The lowest BCUT2D eigenvalue weighted by Crippen LogP contribution is -2.18. The van der Waals surface area contributed by atoms with E-state index >= 15 is 0 Å². The molecule has 1 rings (SSSR count). The summed E-state index contributed by atoms with van der Waals surface area (Å²) in [6.45, 7) is 4.77. The zero-order valence-corrected chi connectivity index (χ0v) is 8.00. The molecular formula is C10H15NO2. The number of hydrogen-bond acceptors (Lipinski definition) is 3. The highest BCUT2D eigenvalue weighted by Gasteiger charge is 2.01. The Hall–Kier alpha value is -1.22. The third kappa shape index (κ3) is 2.95. The van der Waals surface area contributed by atoms with E-state index < -0.39 is 0 Å². The van der Waals surface area contributed by atoms with E-state index in [-0.39, 0.29) is 5.75 Å². The fourth-order valence-electron chi connectivity index (χ4n) is 0.934. The van der Waals surface area contributed by atoms with Crippen LogP contribution in [0.3, 0.4) is 0 Å². The summed E-state index contributed by atoms with van der Waals surface area (Å²) >= 11 is 0. The molecular weight excluding hydrogens is 166 g/mol. The largest absolute Gasteiger partial charge is 0.504 e. The predicted molar refractivity (Wildman–Crippen MR) is 51.8 cm³/mol. The van der Waals surface area contributed by atoms with Crippen molar-refractivity contribution in [2.24, 2.45) is 0 Å². The van der Waals surface area contributed by atoms with Crippen LogP contribution in [0.1, 0.15) is 18.9 Å². The Bertz CT molecular complexity index is 274. The van der Waals surface area contributed by atoms with Gasteiger partial charge in [0, 0.05) is 6.54 Å². The van der Waals surface area contributed by atoms with Crippen LogP contribution in [-0.4, -0.2) is 11.7 Å². The predicted octanol–water partition coefficient (Wildman–Crippen LogP) is 1.99. The molecule has 0 aliphatic rings. The number of phenols is 1. The van der Waals surface area contributed by atoms with Crippen LogP contribution in [-0.2, 0) is 0 Å². The molecule has 13 heavy (non-hydrogen) atoms. The molecule has 1 aromatic carbocycles. The smallest absolute Gasteiger partial charge is 0.188 e. The van der Waals surface area contributed by atoms with Crippen LogP contribution in [0.4, 0.5) is 0 Å². The van der Waals surface area contributed by atoms with Crippen LogP contribution in [0.2, 0.25) is 0 Å². The highest BCUT2D eigenvalue weighted by molar-refractivity contribution is 5.41. The van der Waals surface area contributed by atoms with Gasteiger partial charge in [-0.2, -0.15) is 5.48 Å². The molecule has 0 aromatic heterocycles. The Kier molecular flexibility index (Phi) is 3.58. The fraction of sp³-hybridized carbons (Fsp3) is 0.400. The molecule has 0 saturated heterocycles. The minimum absolute atomic E-state index is 0.161. The minimum Gasteiger partial charge on any atom is -0.504 e. The van der Waals surface area contributed by atoms with Crippen molar-refractivity contribution in [3.63, 3.8) is 0 Å². The van der Waals surface area contributed by atoms with Crippen LogP contribution in [0.15, 0.2) is 18.2 Å². The van der Waals surface area contributed by atoms with Gasteiger partial charge < -0.3 is 9.94 Å². The molecule has 0 heterocycles. The number of aromatic hydroxyl groups is 1. The Morgan fingerprint density at radius 2 is 2.23 bits per heavy atom. The molecule has 0 spiro atoms. The zero-order chi connectivity index (χ0) is 9.68. The van der Waals surface area contributed by atoms with Crippen LogP contribution in [0.25, 0.3) is 0 Å². The second-order valence-corrected chi connectivity index (χ2v) is 2.97. The lowest BCUT2D eigenvalue weighted by Gasteiger charge is -2.07. The molecule has 0 atom stereocenters. The molecule has 0 saturated carbocycles. The Balaban J connectivity index is 2.59. The monoisotopic (exact) mass is 181 g/mol. The molecule has 0 bridgehead atoms. The molecule has 0 radical (unpaired) electrons. The van der Waals surface area contributed by atoms with E-state index in [0.717, 1.165) is 18.5 Å². The number of hydroxylamine groups is 1. The molecule has 2 N–H and O–H groups in total. The summed E-state index contributed by atoms with van der Waals surface area (Å²) in [5.74, 6) is 0.641. The maximum absolute atomic E-state index is 9.37. The molecule has 0 fully saturated rings. The second kappa shape index (κ2) is 4.72. The van der Waals surface area contributed by atoms with Gasteiger partial charge in [0.25, 0.3) is 0 Å². The summed E-state index contributed by atoms with van der Waals surface area (Å²) in [5, 5.41) is 9.37. The van der Waals surface area contributed by atoms with E-state index in [2.05, 4.69) is 5.48 Å². The fourth-order valence-corrected chi connectivity index (χ4v) is 0.934. The molecule has 1 aromatic rings. The molecule has 3 heteroatoms. The van der Waals surface area contributed by atoms with Crippen molar-refractivity contribution >= 4 is 0 Å². The molecule has 72 valence electrons. The number of rotatable bonds is 4. The number of nitrogens with one attached hydrogen (secondary N) is 1. The van der Waals surface area contributed by atoms with Crippen molar-refractivity contribution in [2.75, 3.05) is 6.54 Å². The van der Waals surface area contributed by atoms with Gasteiger partial charge in [-0.05, 0) is 31.0 Å². The lowest BCUT2D eigenvalue weighted by atomic mass is 10.2. The van der Waals surface area contributed by atoms with Gasteiger partial charge in [-0.25, -0.2) is 0 Å². The molecule has 0 amide bonds. The normalized spacial score (nSPS) is 10.0. The van der Waals surface area contributed by atoms with E-state index in [4.69, 9.17) is 4.84 Å². The van der Waals surface area contributed by atoms with Crippen LogP contribution in [0, 0.1) is 6.92 Å². The van der Waals surface area contributed by atoms with Crippen molar-refractivity contribution in [1.29, 1.82) is 0 Å². The third-order valence-corrected chi connectivity index (χ3v) is 1.65. The van der Waals surface area contributed by atoms with E-state index in [1.54, 1.807) is 12.1 Å². The van der Waals surface area contributed by atoms with Gasteiger partial charge in [0.1, 0.15) is 0 Å². The number of phenolic OH excluding ortho intramolecular Hbond substituents is 1. The van der Waals surface area contributed by atoms with Crippen molar-refractivity contribution in [1.82, 2.24) is 5.48 Å². The van der Waals surface area contributed by atoms with Crippen molar-refractivity contribution < 1.29 is 9.94 Å².